The molecule has 0 amide bonds. The average Bonchev–Trinajstić information content (AvgIpc) is 2.64. The second kappa shape index (κ2) is 8.00. The van der Waals surface area contributed by atoms with E-state index >= 15 is 0 Å². The van der Waals surface area contributed by atoms with Crippen molar-refractivity contribution in [2.75, 3.05) is 0 Å². The second-order valence-corrected chi connectivity index (χ2v) is 6.50. The maximum atomic E-state index is 14.9. The fourth-order valence-corrected chi connectivity index (χ4v) is 3.41. The summed E-state index contributed by atoms with van der Waals surface area (Å²) in [6.07, 6.45) is 7.63. The number of phenolic OH excluding ortho intramolecular Hbond substituents is 1. The van der Waals surface area contributed by atoms with Crippen LogP contribution >= 0.6 is 0 Å². The quantitative estimate of drug-likeness (QED) is 0.725. The van der Waals surface area contributed by atoms with Gasteiger partial charge in [0.2, 0.25) is 0 Å². The maximum absolute atomic E-state index is 14.9. The van der Waals surface area contributed by atoms with E-state index in [0.29, 0.717) is 11.1 Å². The maximum Gasteiger partial charge on any atom is 0.328 e. The van der Waals surface area contributed by atoms with E-state index < -0.39 is 5.97 Å². The monoisotopic (exact) mass is 352 g/mol. The molecule has 0 aromatic heterocycles. The molecule has 2 N–H and O–H groups in total. The Labute approximate surface area is 152 Å². The lowest BCUT2D eigenvalue weighted by Gasteiger charge is -2.21. The number of phenols is 1. The van der Waals surface area contributed by atoms with Crippen molar-refractivity contribution in [2.24, 2.45) is 0 Å². The van der Waals surface area contributed by atoms with Crippen molar-refractivity contribution in [3.63, 3.8) is 0 Å². The van der Waals surface area contributed by atoms with Crippen molar-refractivity contribution in [1.29, 1.82) is 0 Å². The molecule has 0 radical (unpaired) electrons. The van der Waals surface area contributed by atoms with Gasteiger partial charge in [0.15, 0.2) is 0 Å². The van der Waals surface area contributed by atoms with Gasteiger partial charge in [0.25, 0.3) is 0 Å². The number of rotatable bonds is 4. The van der Waals surface area contributed by atoms with Crippen LogP contribution in [0.1, 0.15) is 48.8 Å². The van der Waals surface area contributed by atoms with Gasteiger partial charge in [-0.3, -0.25) is 0 Å². The van der Waals surface area contributed by atoms with Crippen molar-refractivity contribution in [1.82, 2.24) is 0 Å². The van der Waals surface area contributed by atoms with E-state index in [1.165, 1.54) is 24.1 Å². The molecule has 1 aliphatic rings. The van der Waals surface area contributed by atoms with Crippen molar-refractivity contribution in [3.05, 3.63) is 76.6 Å². The van der Waals surface area contributed by atoms with Gasteiger partial charge in [-0.25, -0.2) is 9.18 Å². The zero-order chi connectivity index (χ0) is 18.5. The van der Waals surface area contributed by atoms with E-state index in [2.05, 4.69) is 0 Å². The van der Waals surface area contributed by atoms with Crippen LogP contribution in [0.2, 0.25) is 0 Å². The molecule has 0 aliphatic heterocycles. The molecule has 3 nitrogen and oxygen atoms in total. The number of aromatic hydroxyl groups is 1. The Kier molecular flexibility index (Phi) is 5.52. The molecule has 26 heavy (non-hydrogen) atoms. The predicted molar refractivity (Wildman–Crippen MR) is 100 cm³/mol. The largest absolute Gasteiger partial charge is 0.508 e. The summed E-state index contributed by atoms with van der Waals surface area (Å²) in [4.78, 5) is 10.6. The predicted octanol–water partition coefficient (Wildman–Crippen LogP) is 5.40. The van der Waals surface area contributed by atoms with Gasteiger partial charge >= 0.3 is 5.97 Å². The highest BCUT2D eigenvalue weighted by Gasteiger charge is 2.18. The van der Waals surface area contributed by atoms with E-state index in [0.717, 1.165) is 42.9 Å². The number of allylic oxidation sites excluding steroid dienone is 1. The minimum Gasteiger partial charge on any atom is -0.508 e. The lowest BCUT2D eigenvalue weighted by molar-refractivity contribution is -0.131. The number of carboxylic acids is 1. The van der Waals surface area contributed by atoms with Crippen LogP contribution in [0.5, 0.6) is 5.75 Å². The summed E-state index contributed by atoms with van der Waals surface area (Å²) in [7, 11) is 0. The van der Waals surface area contributed by atoms with Gasteiger partial charge in [0, 0.05) is 11.6 Å². The highest BCUT2D eigenvalue weighted by Crippen LogP contribution is 2.36. The molecule has 0 bridgehead atoms. The normalized spacial score (nSPS) is 14.6. The molecule has 1 saturated carbocycles. The molecular formula is C22H21FO3. The number of hydrogen-bond donors (Lipinski definition) is 2. The summed E-state index contributed by atoms with van der Waals surface area (Å²) in [5.74, 6) is -1.27. The lowest BCUT2D eigenvalue weighted by atomic mass is 9.84. The molecule has 3 rings (SSSR count). The molecule has 2 aromatic rings. The van der Waals surface area contributed by atoms with E-state index in [9.17, 15) is 14.3 Å². The zero-order valence-electron chi connectivity index (χ0n) is 14.4. The summed E-state index contributed by atoms with van der Waals surface area (Å²) in [5, 5.41) is 18.3. The van der Waals surface area contributed by atoms with Gasteiger partial charge in [0.1, 0.15) is 11.6 Å². The third-order valence-electron chi connectivity index (χ3n) is 4.65. The zero-order valence-corrected chi connectivity index (χ0v) is 14.4. The summed E-state index contributed by atoms with van der Waals surface area (Å²) in [6, 6.07) is 11.6. The van der Waals surface area contributed by atoms with Crippen LogP contribution in [0, 0.1) is 5.82 Å². The average molecular weight is 352 g/mol. The Morgan fingerprint density at radius 3 is 2.31 bits per heavy atom. The SMILES string of the molecule is O=C(O)/C=C/c1ccc(C(=C2CCCCC2)c2ccc(O)cc2)c(F)c1. The molecule has 2 aromatic carbocycles. The number of aliphatic carboxylic acids is 1. The fourth-order valence-electron chi connectivity index (χ4n) is 3.41. The van der Waals surface area contributed by atoms with Crippen molar-refractivity contribution < 1.29 is 19.4 Å². The number of carboxylic acid groups (broad SMARTS) is 1. The summed E-state index contributed by atoms with van der Waals surface area (Å²) in [5.41, 5.74) is 4.02. The highest BCUT2D eigenvalue weighted by molar-refractivity contribution is 5.86. The van der Waals surface area contributed by atoms with E-state index in [1.54, 1.807) is 24.3 Å². The topological polar surface area (TPSA) is 57.5 Å². The van der Waals surface area contributed by atoms with Gasteiger partial charge in [-0.05, 0) is 66.7 Å². The third-order valence-corrected chi connectivity index (χ3v) is 4.65. The lowest BCUT2D eigenvalue weighted by Crippen LogP contribution is -2.02. The Bertz CT molecular complexity index is 855. The molecule has 0 heterocycles. The first-order valence-corrected chi connectivity index (χ1v) is 8.77. The van der Waals surface area contributed by atoms with Gasteiger partial charge in [-0.1, -0.05) is 36.3 Å². The van der Waals surface area contributed by atoms with Crippen LogP contribution < -0.4 is 0 Å². The van der Waals surface area contributed by atoms with Crippen LogP contribution in [0.25, 0.3) is 11.6 Å². The van der Waals surface area contributed by atoms with Gasteiger partial charge in [0.05, 0.1) is 0 Å². The fraction of sp³-hybridized carbons (Fsp3) is 0.227. The molecule has 134 valence electrons. The number of hydrogen-bond acceptors (Lipinski definition) is 2. The van der Waals surface area contributed by atoms with Crippen molar-refractivity contribution in [2.45, 2.75) is 32.1 Å². The smallest absolute Gasteiger partial charge is 0.328 e. The van der Waals surface area contributed by atoms with Gasteiger partial charge < -0.3 is 10.2 Å². The summed E-state index contributed by atoms with van der Waals surface area (Å²) < 4.78 is 14.9. The van der Waals surface area contributed by atoms with Crippen molar-refractivity contribution in [3.8, 4) is 5.75 Å². The van der Waals surface area contributed by atoms with Crippen molar-refractivity contribution >= 4 is 17.6 Å². The van der Waals surface area contributed by atoms with Crippen LogP contribution in [0.3, 0.4) is 0 Å². The Hall–Kier alpha value is -2.88. The van der Waals surface area contributed by atoms with Gasteiger partial charge in [-0.15, -0.1) is 0 Å². The third kappa shape index (κ3) is 4.20. The number of halogens is 1. The van der Waals surface area contributed by atoms with Crippen LogP contribution in [-0.4, -0.2) is 16.2 Å². The number of carbonyl (C=O) groups is 1. The van der Waals surface area contributed by atoms with E-state index in [4.69, 9.17) is 5.11 Å². The summed E-state index contributed by atoms with van der Waals surface area (Å²) in [6.45, 7) is 0. The first kappa shape index (κ1) is 17.9. The standard InChI is InChI=1S/C22H21FO3/c23-20-14-15(7-13-21(25)26)6-12-19(20)22(16-4-2-1-3-5-16)17-8-10-18(24)11-9-17/h6-14,24H,1-5H2,(H,25,26)/b13-7+. The molecule has 0 spiro atoms. The molecule has 0 unspecified atom stereocenters. The van der Waals surface area contributed by atoms with Gasteiger partial charge in [-0.2, -0.15) is 0 Å². The molecule has 4 heteroatoms. The Morgan fingerprint density at radius 1 is 1.00 bits per heavy atom. The first-order chi connectivity index (χ1) is 12.5. The molecule has 0 atom stereocenters. The molecule has 0 saturated heterocycles. The van der Waals surface area contributed by atoms with E-state index in [-0.39, 0.29) is 11.6 Å². The van der Waals surface area contributed by atoms with Crippen LogP contribution in [-0.2, 0) is 4.79 Å². The molecule has 1 aliphatic carbocycles. The van der Waals surface area contributed by atoms with E-state index in [1.807, 2.05) is 12.1 Å². The Balaban J connectivity index is 2.07. The van der Waals surface area contributed by atoms with Crippen LogP contribution in [0.15, 0.2) is 54.1 Å². The second-order valence-electron chi connectivity index (χ2n) is 6.50. The molecular weight excluding hydrogens is 331 g/mol. The minimum atomic E-state index is -1.07. The summed E-state index contributed by atoms with van der Waals surface area (Å²) >= 11 is 0. The highest BCUT2D eigenvalue weighted by atomic mass is 19.1. The first-order valence-electron chi connectivity index (χ1n) is 8.77. The number of benzene rings is 2. The minimum absolute atomic E-state index is 0.177. The van der Waals surface area contributed by atoms with Crippen LogP contribution in [0.4, 0.5) is 4.39 Å². The Morgan fingerprint density at radius 2 is 1.69 bits per heavy atom. The molecule has 1 fully saturated rings.